The molecule has 0 aliphatic rings. The summed E-state index contributed by atoms with van der Waals surface area (Å²) in [6.07, 6.45) is 39.8. The summed E-state index contributed by atoms with van der Waals surface area (Å²) in [5, 5.41) is 1.24. The van der Waals surface area contributed by atoms with Gasteiger partial charge in [0, 0.05) is 5.33 Å². The molecule has 0 aromatic rings. The number of esters is 2. The minimum atomic E-state index is -2.01. The largest absolute Gasteiger partial charge is 0.469 e. The van der Waals surface area contributed by atoms with Crippen molar-refractivity contribution in [3.8, 4) is 0 Å². The van der Waals surface area contributed by atoms with E-state index in [2.05, 4.69) is 49.8 Å². The lowest BCUT2D eigenvalue weighted by atomic mass is 9.91. The van der Waals surface area contributed by atoms with Gasteiger partial charge in [-0.25, -0.2) is 0 Å². The van der Waals surface area contributed by atoms with Crippen molar-refractivity contribution in [2.75, 3.05) is 19.0 Å². The molecule has 0 saturated heterocycles. The average molecular weight is 860 g/mol. The van der Waals surface area contributed by atoms with Gasteiger partial charge in [-0.05, 0) is 64.6 Å². The molecule has 0 radical (unpaired) electrons. The maximum absolute atomic E-state index is 13.1. The van der Waals surface area contributed by atoms with E-state index >= 15 is 0 Å². The molecule has 0 aliphatic carbocycles. The van der Waals surface area contributed by atoms with Crippen LogP contribution >= 0.6 is 15.9 Å². The van der Waals surface area contributed by atoms with Crippen molar-refractivity contribution in [1.29, 1.82) is 0 Å². The van der Waals surface area contributed by atoms with Gasteiger partial charge < -0.3 is 13.9 Å². The molecule has 0 rings (SSSR count). The average Bonchev–Trinajstić information content (AvgIpc) is 3.12. The van der Waals surface area contributed by atoms with E-state index in [4.69, 9.17) is 13.9 Å². The maximum atomic E-state index is 13.1. The van der Waals surface area contributed by atoms with Gasteiger partial charge in [0.05, 0.1) is 31.2 Å². The van der Waals surface area contributed by atoms with Crippen molar-refractivity contribution >= 4 is 36.2 Å². The summed E-state index contributed by atoms with van der Waals surface area (Å²) in [5.41, 5.74) is -0.386. The minimum absolute atomic E-state index is 0.0239. The predicted octanol–water partition coefficient (Wildman–Crippen LogP) is 16.2. The van der Waals surface area contributed by atoms with Crippen molar-refractivity contribution in [2.45, 2.75) is 265 Å². The molecule has 2 atom stereocenters. The Morgan fingerprint density at radius 3 is 1.16 bits per heavy atom. The number of unbranched alkanes of at least 4 members (excludes halogenated alkanes) is 27. The highest BCUT2D eigenvalue weighted by molar-refractivity contribution is 9.09. The second-order valence-corrected chi connectivity index (χ2v) is 25.0. The molecule has 7 heteroatoms. The fourth-order valence-electron chi connectivity index (χ4n) is 7.21. The van der Waals surface area contributed by atoms with Crippen molar-refractivity contribution in [1.82, 2.24) is 0 Å². The molecule has 5 nitrogen and oxygen atoms in total. The molecule has 0 aliphatic heterocycles. The van der Waals surface area contributed by atoms with Crippen LogP contribution in [0, 0.1) is 11.3 Å². The van der Waals surface area contributed by atoms with Crippen molar-refractivity contribution in [3.05, 3.63) is 0 Å². The van der Waals surface area contributed by atoms with Crippen LogP contribution in [0.1, 0.15) is 241 Å². The third-order valence-corrected chi connectivity index (χ3v) is 17.1. The summed E-state index contributed by atoms with van der Waals surface area (Å²) in [5.74, 6) is -0.293. The molecule has 0 aromatic heterocycles. The fourth-order valence-corrected chi connectivity index (χ4v) is 9.00. The first-order valence-corrected chi connectivity index (χ1v) is 27.7. The smallest absolute Gasteiger partial charge is 0.311 e. The van der Waals surface area contributed by atoms with Crippen molar-refractivity contribution in [2.24, 2.45) is 11.3 Å². The first kappa shape index (κ1) is 54.6. The van der Waals surface area contributed by atoms with Gasteiger partial charge in [-0.1, -0.05) is 210 Å². The number of carbonyl (C=O) groups excluding carboxylic acids is 2. The molecule has 0 aromatic carbocycles. The van der Waals surface area contributed by atoms with Crippen LogP contribution in [0.25, 0.3) is 0 Å². The van der Waals surface area contributed by atoms with Gasteiger partial charge in [0.1, 0.15) is 0 Å². The first-order valence-electron chi connectivity index (χ1n) is 23.7. The maximum Gasteiger partial charge on any atom is 0.311 e. The quantitative estimate of drug-likeness (QED) is 0.0268. The summed E-state index contributed by atoms with van der Waals surface area (Å²) < 4.78 is 17.7. The van der Waals surface area contributed by atoms with Crippen LogP contribution in [-0.2, 0) is 23.5 Å². The lowest BCUT2D eigenvalue weighted by molar-refractivity contribution is -0.153. The summed E-state index contributed by atoms with van der Waals surface area (Å²) in [6, 6.07) is 0. The van der Waals surface area contributed by atoms with Crippen LogP contribution in [-0.4, -0.2) is 45.4 Å². The number of halogens is 1. The van der Waals surface area contributed by atoms with E-state index in [-0.39, 0.29) is 34.4 Å². The molecule has 0 amide bonds. The summed E-state index contributed by atoms with van der Waals surface area (Å²) in [6.45, 7) is 17.9. The van der Waals surface area contributed by atoms with E-state index in [0.29, 0.717) is 6.61 Å². The van der Waals surface area contributed by atoms with Gasteiger partial charge >= 0.3 is 11.9 Å². The minimum Gasteiger partial charge on any atom is -0.469 e. The molecular formula is C48H95BrO5Si. The van der Waals surface area contributed by atoms with Crippen LogP contribution in [0.15, 0.2) is 0 Å². The standard InChI is InChI=1S/C48H95BrO5Si/c1-47(2,3)46(51)53-42-38-34-30-25-23-21-19-17-15-13-11-10-12-14-16-18-20-22-24-27-31-35-39-43(45(50)52-7)44(54-55(8,9)48(4,5)6)40-36-32-28-26-29-33-37-41-49/h43-44H,10-42H2,1-9H3/t43?,44-/m1/s1. The molecule has 0 fully saturated rings. The van der Waals surface area contributed by atoms with E-state index in [1.165, 1.54) is 167 Å². The summed E-state index contributed by atoms with van der Waals surface area (Å²) >= 11 is 3.54. The lowest BCUT2D eigenvalue weighted by Crippen LogP contribution is -2.47. The Bertz CT molecular complexity index is 896. The first-order chi connectivity index (χ1) is 26.2. The highest BCUT2D eigenvalue weighted by atomic mass is 79.9. The summed E-state index contributed by atoms with van der Waals surface area (Å²) in [4.78, 5) is 24.9. The molecular weight excluding hydrogens is 765 g/mol. The van der Waals surface area contributed by atoms with Gasteiger partial charge in [0.15, 0.2) is 8.32 Å². The van der Waals surface area contributed by atoms with E-state index < -0.39 is 8.32 Å². The van der Waals surface area contributed by atoms with E-state index in [0.717, 1.165) is 37.4 Å². The normalized spacial score (nSPS) is 13.6. The third-order valence-electron chi connectivity index (χ3n) is 12.1. The number of rotatable bonds is 38. The van der Waals surface area contributed by atoms with Crippen LogP contribution in [0.2, 0.25) is 18.1 Å². The van der Waals surface area contributed by atoms with Crippen LogP contribution in [0.5, 0.6) is 0 Å². The zero-order valence-electron chi connectivity index (χ0n) is 38.4. The molecule has 1 unspecified atom stereocenters. The Morgan fingerprint density at radius 2 is 0.836 bits per heavy atom. The Balaban J connectivity index is 3.98. The zero-order valence-corrected chi connectivity index (χ0v) is 41.0. The predicted molar refractivity (Wildman–Crippen MR) is 245 cm³/mol. The highest BCUT2D eigenvalue weighted by Crippen LogP contribution is 2.39. The fraction of sp³-hybridized carbons (Fsp3) is 0.958. The monoisotopic (exact) mass is 859 g/mol. The SMILES string of the molecule is COC(=O)C(CCCCCCCCCCCCCCCCCCCCCCCCOC(=O)C(C)(C)C)[C@@H](CCCCCCCCCBr)O[Si](C)(C)C(C)(C)C. The van der Waals surface area contributed by atoms with Crippen LogP contribution in [0.3, 0.4) is 0 Å². The van der Waals surface area contributed by atoms with Crippen molar-refractivity contribution < 1.29 is 23.5 Å². The molecule has 55 heavy (non-hydrogen) atoms. The zero-order chi connectivity index (χ0) is 41.3. The van der Waals surface area contributed by atoms with Gasteiger partial charge in [0.2, 0.25) is 0 Å². The topological polar surface area (TPSA) is 61.8 Å². The second kappa shape index (κ2) is 34.5. The number of methoxy groups -OCH3 is 1. The van der Waals surface area contributed by atoms with Crippen molar-refractivity contribution in [3.63, 3.8) is 0 Å². The Labute approximate surface area is 353 Å². The van der Waals surface area contributed by atoms with E-state index in [9.17, 15) is 9.59 Å². The number of hydrogen-bond donors (Lipinski definition) is 0. The molecule has 328 valence electrons. The second-order valence-electron chi connectivity index (χ2n) is 19.5. The Morgan fingerprint density at radius 1 is 0.509 bits per heavy atom. The van der Waals surface area contributed by atoms with E-state index in [1.54, 1.807) is 7.11 Å². The van der Waals surface area contributed by atoms with Gasteiger partial charge in [0.25, 0.3) is 0 Å². The molecule has 0 spiro atoms. The van der Waals surface area contributed by atoms with E-state index in [1.807, 2.05) is 20.8 Å². The summed E-state index contributed by atoms with van der Waals surface area (Å²) in [7, 11) is -0.450. The molecule has 0 heterocycles. The molecule has 0 bridgehead atoms. The van der Waals surface area contributed by atoms with Gasteiger partial charge in [-0.15, -0.1) is 0 Å². The van der Waals surface area contributed by atoms with Gasteiger partial charge in [-0.2, -0.15) is 0 Å². The van der Waals surface area contributed by atoms with Crippen LogP contribution < -0.4 is 0 Å². The Kier molecular flexibility index (Phi) is 34.2. The van der Waals surface area contributed by atoms with Crippen LogP contribution in [0.4, 0.5) is 0 Å². The number of carbonyl (C=O) groups is 2. The molecule has 0 saturated carbocycles. The molecule has 0 N–H and O–H groups in total. The number of hydrogen-bond acceptors (Lipinski definition) is 5. The lowest BCUT2D eigenvalue weighted by Gasteiger charge is -2.41. The highest BCUT2D eigenvalue weighted by Gasteiger charge is 2.42. The van der Waals surface area contributed by atoms with Gasteiger partial charge in [-0.3, -0.25) is 9.59 Å². The Hall–Kier alpha value is -0.403. The number of alkyl halides is 1. The number of ether oxygens (including phenoxy) is 2. The third kappa shape index (κ3) is 31.2.